The minimum atomic E-state index is 0.926. The molecule has 2 heteroatoms. The Bertz CT molecular complexity index is 530. The van der Waals surface area contributed by atoms with E-state index in [9.17, 15) is 0 Å². The van der Waals surface area contributed by atoms with Gasteiger partial charge in [-0.1, -0.05) is 48.5 Å². The summed E-state index contributed by atoms with van der Waals surface area (Å²) in [6, 6.07) is 19.4. The molecule has 2 aromatic carbocycles. The maximum atomic E-state index is 3.56. The Labute approximate surface area is 121 Å². The first kappa shape index (κ1) is 13.2. The third-order valence-electron chi connectivity index (χ3n) is 3.93. The molecular weight excluding hydrogens is 244 g/mol. The van der Waals surface area contributed by atoms with Gasteiger partial charge in [0.1, 0.15) is 0 Å². The standard InChI is InChI=1S/C18H22N2/c1-2-8-16(9-3-1)14-19-15-17-10-4-5-11-18(17)20-12-6-7-13-20/h1-5,8-11,19H,6-7,12-15H2. The van der Waals surface area contributed by atoms with E-state index in [2.05, 4.69) is 64.8 Å². The van der Waals surface area contributed by atoms with Crippen molar-refractivity contribution in [1.29, 1.82) is 0 Å². The summed E-state index contributed by atoms with van der Waals surface area (Å²) in [7, 11) is 0. The highest BCUT2D eigenvalue weighted by Crippen LogP contribution is 2.24. The van der Waals surface area contributed by atoms with Crippen molar-refractivity contribution >= 4 is 5.69 Å². The van der Waals surface area contributed by atoms with Crippen LogP contribution in [0.25, 0.3) is 0 Å². The van der Waals surface area contributed by atoms with E-state index in [4.69, 9.17) is 0 Å². The van der Waals surface area contributed by atoms with Crippen molar-refractivity contribution in [1.82, 2.24) is 5.32 Å². The summed E-state index contributed by atoms with van der Waals surface area (Å²) in [5, 5.41) is 3.56. The van der Waals surface area contributed by atoms with Gasteiger partial charge in [0.05, 0.1) is 0 Å². The van der Waals surface area contributed by atoms with Crippen LogP contribution in [-0.2, 0) is 13.1 Å². The average Bonchev–Trinajstić information content (AvgIpc) is 3.03. The molecular formula is C18H22N2. The van der Waals surface area contributed by atoms with E-state index >= 15 is 0 Å². The van der Waals surface area contributed by atoms with Crippen LogP contribution in [0.1, 0.15) is 24.0 Å². The fourth-order valence-corrected chi connectivity index (χ4v) is 2.86. The number of benzene rings is 2. The second kappa shape index (κ2) is 6.58. The molecule has 0 atom stereocenters. The van der Waals surface area contributed by atoms with E-state index in [-0.39, 0.29) is 0 Å². The summed E-state index contributed by atoms with van der Waals surface area (Å²) in [6.07, 6.45) is 2.65. The van der Waals surface area contributed by atoms with Crippen LogP contribution in [0, 0.1) is 0 Å². The Morgan fingerprint density at radius 1 is 0.800 bits per heavy atom. The van der Waals surface area contributed by atoms with Crippen molar-refractivity contribution in [2.75, 3.05) is 18.0 Å². The molecule has 2 nitrogen and oxygen atoms in total. The molecule has 1 saturated heterocycles. The fraction of sp³-hybridized carbons (Fsp3) is 0.333. The Morgan fingerprint density at radius 3 is 2.30 bits per heavy atom. The van der Waals surface area contributed by atoms with E-state index in [1.165, 1.54) is 42.7 Å². The van der Waals surface area contributed by atoms with E-state index < -0.39 is 0 Å². The molecule has 0 aromatic heterocycles. The van der Waals surface area contributed by atoms with Crippen molar-refractivity contribution in [3.05, 3.63) is 65.7 Å². The number of rotatable bonds is 5. The molecule has 1 fully saturated rings. The van der Waals surface area contributed by atoms with Crippen LogP contribution in [0.2, 0.25) is 0 Å². The monoisotopic (exact) mass is 266 g/mol. The van der Waals surface area contributed by atoms with Crippen LogP contribution >= 0.6 is 0 Å². The molecule has 1 aliphatic rings. The molecule has 0 radical (unpaired) electrons. The lowest BCUT2D eigenvalue weighted by molar-refractivity contribution is 0.691. The second-order valence-corrected chi connectivity index (χ2v) is 5.41. The highest BCUT2D eigenvalue weighted by Gasteiger charge is 2.14. The lowest BCUT2D eigenvalue weighted by Gasteiger charge is -2.21. The van der Waals surface area contributed by atoms with Crippen molar-refractivity contribution in [2.24, 2.45) is 0 Å². The minimum absolute atomic E-state index is 0.926. The summed E-state index contributed by atoms with van der Waals surface area (Å²) in [5.41, 5.74) is 4.15. The Morgan fingerprint density at radius 2 is 1.50 bits per heavy atom. The number of hydrogen-bond donors (Lipinski definition) is 1. The van der Waals surface area contributed by atoms with Gasteiger partial charge in [-0.15, -0.1) is 0 Å². The predicted octanol–water partition coefficient (Wildman–Crippen LogP) is 3.58. The molecule has 0 bridgehead atoms. The molecule has 1 heterocycles. The van der Waals surface area contributed by atoms with Gasteiger partial charge in [-0.05, 0) is 30.0 Å². The average molecular weight is 266 g/mol. The second-order valence-electron chi connectivity index (χ2n) is 5.41. The Hall–Kier alpha value is -1.80. The quantitative estimate of drug-likeness (QED) is 0.890. The number of nitrogens with one attached hydrogen (secondary N) is 1. The summed E-state index contributed by atoms with van der Waals surface area (Å²) in [6.45, 7) is 4.27. The first-order valence-corrected chi connectivity index (χ1v) is 7.51. The van der Waals surface area contributed by atoms with Gasteiger partial charge >= 0.3 is 0 Å². The van der Waals surface area contributed by atoms with Gasteiger partial charge in [-0.2, -0.15) is 0 Å². The van der Waals surface area contributed by atoms with Gasteiger partial charge < -0.3 is 10.2 Å². The maximum Gasteiger partial charge on any atom is 0.0411 e. The Balaban J connectivity index is 1.62. The van der Waals surface area contributed by atoms with Gasteiger partial charge in [-0.3, -0.25) is 0 Å². The van der Waals surface area contributed by atoms with Crippen LogP contribution in [-0.4, -0.2) is 13.1 Å². The van der Waals surface area contributed by atoms with E-state index in [0.717, 1.165) is 13.1 Å². The van der Waals surface area contributed by atoms with E-state index in [0.29, 0.717) is 0 Å². The molecule has 0 spiro atoms. The van der Waals surface area contributed by atoms with Crippen molar-refractivity contribution in [3.63, 3.8) is 0 Å². The summed E-state index contributed by atoms with van der Waals surface area (Å²) < 4.78 is 0. The molecule has 20 heavy (non-hydrogen) atoms. The molecule has 1 N–H and O–H groups in total. The third kappa shape index (κ3) is 3.20. The lowest BCUT2D eigenvalue weighted by atomic mass is 10.1. The largest absolute Gasteiger partial charge is 0.371 e. The summed E-state index contributed by atoms with van der Waals surface area (Å²) >= 11 is 0. The van der Waals surface area contributed by atoms with Crippen LogP contribution in [0.4, 0.5) is 5.69 Å². The van der Waals surface area contributed by atoms with Gasteiger partial charge in [0.2, 0.25) is 0 Å². The smallest absolute Gasteiger partial charge is 0.0411 e. The molecule has 104 valence electrons. The van der Waals surface area contributed by atoms with E-state index in [1.54, 1.807) is 0 Å². The van der Waals surface area contributed by atoms with Crippen molar-refractivity contribution < 1.29 is 0 Å². The molecule has 0 amide bonds. The molecule has 0 aliphatic carbocycles. The Kier molecular flexibility index (Phi) is 4.34. The number of para-hydroxylation sites is 1. The zero-order valence-corrected chi connectivity index (χ0v) is 11.9. The lowest BCUT2D eigenvalue weighted by Crippen LogP contribution is -2.21. The molecule has 0 saturated carbocycles. The van der Waals surface area contributed by atoms with Gasteiger partial charge in [-0.25, -0.2) is 0 Å². The maximum absolute atomic E-state index is 3.56. The van der Waals surface area contributed by atoms with Gasteiger partial charge in [0.25, 0.3) is 0 Å². The zero-order chi connectivity index (χ0) is 13.6. The topological polar surface area (TPSA) is 15.3 Å². The van der Waals surface area contributed by atoms with Crippen LogP contribution in [0.15, 0.2) is 54.6 Å². The van der Waals surface area contributed by atoms with Gasteiger partial charge in [0, 0.05) is 31.9 Å². The SMILES string of the molecule is c1ccc(CNCc2ccccc2N2CCCC2)cc1. The molecule has 3 rings (SSSR count). The summed E-state index contributed by atoms with van der Waals surface area (Å²) in [5.74, 6) is 0. The highest BCUT2D eigenvalue weighted by atomic mass is 15.1. The third-order valence-corrected chi connectivity index (χ3v) is 3.93. The molecule has 1 aliphatic heterocycles. The number of nitrogens with zero attached hydrogens (tertiary/aromatic N) is 1. The fourth-order valence-electron chi connectivity index (χ4n) is 2.86. The first-order valence-electron chi connectivity index (χ1n) is 7.51. The normalized spacial score (nSPS) is 14.7. The van der Waals surface area contributed by atoms with E-state index in [1.807, 2.05) is 0 Å². The summed E-state index contributed by atoms with van der Waals surface area (Å²) in [4.78, 5) is 2.51. The molecule has 2 aromatic rings. The van der Waals surface area contributed by atoms with Crippen LogP contribution in [0.3, 0.4) is 0 Å². The number of hydrogen-bond acceptors (Lipinski definition) is 2. The first-order chi connectivity index (χ1) is 9.93. The van der Waals surface area contributed by atoms with Crippen LogP contribution < -0.4 is 10.2 Å². The van der Waals surface area contributed by atoms with Crippen LogP contribution in [0.5, 0.6) is 0 Å². The van der Waals surface area contributed by atoms with Crippen molar-refractivity contribution in [3.8, 4) is 0 Å². The molecule has 0 unspecified atom stereocenters. The zero-order valence-electron chi connectivity index (χ0n) is 11.9. The van der Waals surface area contributed by atoms with Crippen molar-refractivity contribution in [2.45, 2.75) is 25.9 Å². The van der Waals surface area contributed by atoms with Gasteiger partial charge in [0.15, 0.2) is 0 Å². The minimum Gasteiger partial charge on any atom is -0.371 e. The number of anilines is 1. The highest BCUT2D eigenvalue weighted by molar-refractivity contribution is 5.54. The predicted molar refractivity (Wildman–Crippen MR) is 84.9 cm³/mol.